The van der Waals surface area contributed by atoms with Crippen molar-refractivity contribution in [2.24, 2.45) is 0 Å². The lowest BCUT2D eigenvalue weighted by Crippen LogP contribution is -2.13. The molecule has 0 saturated carbocycles. The fraction of sp³-hybridized carbons (Fsp3) is 0.333. The van der Waals surface area contributed by atoms with Crippen LogP contribution in [0.2, 0.25) is 0 Å². The number of carbonyl (C=O) groups is 1. The van der Waals surface area contributed by atoms with Crippen molar-refractivity contribution in [3.05, 3.63) is 30.4 Å². The Hall–Kier alpha value is -2.24. The standard InChI is InChI=1S/C12H13N3O3/c1-3-17-12(16)8(2)11-14-10(15-18-11)9-5-4-6-13-7-9/h4-8H,3H2,1-2H3. The Morgan fingerprint density at radius 3 is 3.06 bits per heavy atom. The number of hydrogen-bond acceptors (Lipinski definition) is 6. The summed E-state index contributed by atoms with van der Waals surface area (Å²) in [4.78, 5) is 19.7. The molecule has 0 saturated heterocycles. The highest BCUT2D eigenvalue weighted by Crippen LogP contribution is 2.19. The van der Waals surface area contributed by atoms with Crippen LogP contribution in [-0.2, 0) is 9.53 Å². The Balaban J connectivity index is 2.18. The normalized spacial score (nSPS) is 12.1. The molecular weight excluding hydrogens is 234 g/mol. The molecule has 2 heterocycles. The number of aromatic nitrogens is 3. The lowest BCUT2D eigenvalue weighted by atomic mass is 10.2. The van der Waals surface area contributed by atoms with Gasteiger partial charge in [0, 0.05) is 18.0 Å². The van der Waals surface area contributed by atoms with Crippen molar-refractivity contribution in [3.63, 3.8) is 0 Å². The maximum Gasteiger partial charge on any atom is 0.318 e. The molecule has 0 fully saturated rings. The molecule has 6 nitrogen and oxygen atoms in total. The van der Waals surface area contributed by atoms with E-state index in [0.717, 1.165) is 5.56 Å². The van der Waals surface area contributed by atoms with E-state index < -0.39 is 5.92 Å². The zero-order valence-electron chi connectivity index (χ0n) is 10.2. The second-order valence-electron chi connectivity index (χ2n) is 3.67. The van der Waals surface area contributed by atoms with Crippen LogP contribution in [0, 0.1) is 0 Å². The highest BCUT2D eigenvalue weighted by atomic mass is 16.5. The van der Waals surface area contributed by atoms with Crippen LogP contribution in [-0.4, -0.2) is 27.7 Å². The van der Waals surface area contributed by atoms with Crippen LogP contribution in [0.4, 0.5) is 0 Å². The highest BCUT2D eigenvalue weighted by molar-refractivity contribution is 5.76. The van der Waals surface area contributed by atoms with Crippen LogP contribution in [0.3, 0.4) is 0 Å². The molecule has 1 unspecified atom stereocenters. The van der Waals surface area contributed by atoms with E-state index >= 15 is 0 Å². The number of rotatable bonds is 4. The van der Waals surface area contributed by atoms with Crippen LogP contribution in [0.5, 0.6) is 0 Å². The van der Waals surface area contributed by atoms with Gasteiger partial charge in [0.1, 0.15) is 5.92 Å². The first-order valence-corrected chi connectivity index (χ1v) is 5.63. The maximum absolute atomic E-state index is 11.5. The lowest BCUT2D eigenvalue weighted by Gasteiger charge is -2.04. The number of pyridine rings is 1. The van der Waals surface area contributed by atoms with E-state index in [0.29, 0.717) is 12.4 Å². The molecule has 18 heavy (non-hydrogen) atoms. The van der Waals surface area contributed by atoms with Crippen molar-refractivity contribution in [1.29, 1.82) is 0 Å². The van der Waals surface area contributed by atoms with Gasteiger partial charge in [0.15, 0.2) is 0 Å². The van der Waals surface area contributed by atoms with Crippen LogP contribution in [0.1, 0.15) is 25.7 Å². The Bertz CT molecular complexity index is 524. The third kappa shape index (κ3) is 2.53. The van der Waals surface area contributed by atoms with Gasteiger partial charge in [0.25, 0.3) is 0 Å². The number of carbonyl (C=O) groups excluding carboxylic acids is 1. The predicted molar refractivity (Wildman–Crippen MR) is 62.6 cm³/mol. The van der Waals surface area contributed by atoms with E-state index in [1.165, 1.54) is 0 Å². The van der Waals surface area contributed by atoms with Crippen LogP contribution in [0.15, 0.2) is 29.0 Å². The Kier molecular flexibility index (Phi) is 3.66. The number of hydrogen-bond donors (Lipinski definition) is 0. The number of nitrogens with zero attached hydrogens (tertiary/aromatic N) is 3. The summed E-state index contributed by atoms with van der Waals surface area (Å²) in [5.41, 5.74) is 0.739. The van der Waals surface area contributed by atoms with Crippen LogP contribution in [0.25, 0.3) is 11.4 Å². The van der Waals surface area contributed by atoms with Gasteiger partial charge in [-0.3, -0.25) is 9.78 Å². The Morgan fingerprint density at radius 1 is 1.56 bits per heavy atom. The molecular formula is C12H13N3O3. The average molecular weight is 247 g/mol. The first kappa shape index (κ1) is 12.2. The molecule has 0 aliphatic rings. The minimum absolute atomic E-state index is 0.243. The zero-order chi connectivity index (χ0) is 13.0. The molecule has 2 aromatic rings. The molecule has 2 rings (SSSR count). The lowest BCUT2D eigenvalue weighted by molar-refractivity contribution is -0.145. The van der Waals surface area contributed by atoms with E-state index in [9.17, 15) is 4.79 Å². The molecule has 94 valence electrons. The summed E-state index contributed by atoms with van der Waals surface area (Å²) >= 11 is 0. The van der Waals surface area contributed by atoms with Gasteiger partial charge < -0.3 is 9.26 Å². The maximum atomic E-state index is 11.5. The van der Waals surface area contributed by atoms with Gasteiger partial charge in [-0.05, 0) is 26.0 Å². The summed E-state index contributed by atoms with van der Waals surface area (Å²) in [5.74, 6) is -0.289. The fourth-order valence-electron chi connectivity index (χ4n) is 1.39. The Morgan fingerprint density at radius 2 is 2.39 bits per heavy atom. The first-order valence-electron chi connectivity index (χ1n) is 5.63. The fourth-order valence-corrected chi connectivity index (χ4v) is 1.39. The average Bonchev–Trinajstić information content (AvgIpc) is 2.89. The summed E-state index contributed by atoms with van der Waals surface area (Å²) in [7, 11) is 0. The molecule has 0 aromatic carbocycles. The van der Waals surface area contributed by atoms with Gasteiger partial charge >= 0.3 is 5.97 Å². The van der Waals surface area contributed by atoms with Gasteiger partial charge in [-0.1, -0.05) is 5.16 Å². The molecule has 0 aliphatic carbocycles. The van der Waals surface area contributed by atoms with E-state index in [1.54, 1.807) is 32.3 Å². The summed E-state index contributed by atoms with van der Waals surface area (Å²) < 4.78 is 9.95. The van der Waals surface area contributed by atoms with E-state index in [1.807, 2.05) is 6.07 Å². The quantitative estimate of drug-likeness (QED) is 0.766. The summed E-state index contributed by atoms with van der Waals surface area (Å²) in [6, 6.07) is 3.59. The van der Waals surface area contributed by atoms with Gasteiger partial charge in [-0.15, -0.1) is 0 Å². The smallest absolute Gasteiger partial charge is 0.318 e. The third-order valence-corrected chi connectivity index (χ3v) is 2.37. The molecule has 6 heteroatoms. The number of esters is 1. The van der Waals surface area contributed by atoms with Crippen molar-refractivity contribution < 1.29 is 14.1 Å². The SMILES string of the molecule is CCOC(=O)C(C)c1nc(-c2cccnc2)no1. The van der Waals surface area contributed by atoms with Crippen LogP contribution < -0.4 is 0 Å². The van der Waals surface area contributed by atoms with E-state index in [4.69, 9.17) is 9.26 Å². The largest absolute Gasteiger partial charge is 0.465 e. The predicted octanol–water partition coefficient (Wildman–Crippen LogP) is 1.80. The topological polar surface area (TPSA) is 78.1 Å². The summed E-state index contributed by atoms with van der Waals surface area (Å²) in [6.07, 6.45) is 3.29. The summed E-state index contributed by atoms with van der Waals surface area (Å²) in [5, 5.41) is 3.82. The Labute approximate surface area is 104 Å². The summed E-state index contributed by atoms with van der Waals surface area (Å²) in [6.45, 7) is 3.74. The molecule has 0 aliphatic heterocycles. The van der Waals surface area contributed by atoms with Gasteiger partial charge in [-0.2, -0.15) is 4.98 Å². The van der Waals surface area contributed by atoms with Crippen molar-refractivity contribution >= 4 is 5.97 Å². The second kappa shape index (κ2) is 5.39. The minimum Gasteiger partial charge on any atom is -0.465 e. The van der Waals surface area contributed by atoms with E-state index in [2.05, 4.69) is 15.1 Å². The number of ether oxygens (including phenoxy) is 1. The van der Waals surface area contributed by atoms with Crippen molar-refractivity contribution in [3.8, 4) is 11.4 Å². The molecule has 0 N–H and O–H groups in total. The van der Waals surface area contributed by atoms with Crippen LogP contribution >= 0.6 is 0 Å². The monoisotopic (exact) mass is 247 g/mol. The van der Waals surface area contributed by atoms with Crippen molar-refractivity contribution in [1.82, 2.24) is 15.1 Å². The van der Waals surface area contributed by atoms with Crippen molar-refractivity contribution in [2.75, 3.05) is 6.61 Å². The molecule has 0 bridgehead atoms. The highest BCUT2D eigenvalue weighted by Gasteiger charge is 2.23. The van der Waals surface area contributed by atoms with Gasteiger partial charge in [-0.25, -0.2) is 0 Å². The zero-order valence-corrected chi connectivity index (χ0v) is 10.2. The molecule has 0 spiro atoms. The van der Waals surface area contributed by atoms with Crippen molar-refractivity contribution in [2.45, 2.75) is 19.8 Å². The first-order chi connectivity index (χ1) is 8.72. The molecule has 0 radical (unpaired) electrons. The molecule has 2 aromatic heterocycles. The minimum atomic E-state index is -0.567. The van der Waals surface area contributed by atoms with Gasteiger partial charge in [0.05, 0.1) is 6.61 Å². The molecule has 0 amide bonds. The third-order valence-electron chi connectivity index (χ3n) is 2.37. The van der Waals surface area contributed by atoms with E-state index in [-0.39, 0.29) is 11.9 Å². The second-order valence-corrected chi connectivity index (χ2v) is 3.67. The van der Waals surface area contributed by atoms with Gasteiger partial charge in [0.2, 0.25) is 11.7 Å². The molecule has 1 atom stereocenters.